The highest BCUT2D eigenvalue weighted by molar-refractivity contribution is 5.82. The number of hydrogen-bond acceptors (Lipinski definition) is 4. The predicted octanol–water partition coefficient (Wildman–Crippen LogP) is 1.96. The Morgan fingerprint density at radius 3 is 2.78 bits per heavy atom. The molecule has 0 amide bonds. The Morgan fingerprint density at radius 2 is 2.17 bits per heavy atom. The number of hydrogen-bond donors (Lipinski definition) is 0. The van der Waals surface area contributed by atoms with Gasteiger partial charge in [0.1, 0.15) is 6.61 Å². The zero-order valence-electron chi connectivity index (χ0n) is 11.7. The van der Waals surface area contributed by atoms with E-state index in [1.807, 2.05) is 20.8 Å². The van der Waals surface area contributed by atoms with Crippen LogP contribution in [0.15, 0.2) is 0 Å². The maximum absolute atomic E-state index is 12.2. The molecule has 0 aliphatic carbocycles. The lowest BCUT2D eigenvalue weighted by molar-refractivity contribution is -0.145. The van der Waals surface area contributed by atoms with Crippen molar-refractivity contribution in [1.29, 1.82) is 0 Å². The summed E-state index contributed by atoms with van der Waals surface area (Å²) < 4.78 is 16.8. The molecule has 0 saturated carbocycles. The highest BCUT2D eigenvalue weighted by atomic mass is 16.6. The molecule has 4 nitrogen and oxygen atoms in total. The van der Waals surface area contributed by atoms with Crippen LogP contribution >= 0.6 is 0 Å². The predicted molar refractivity (Wildman–Crippen MR) is 67.6 cm³/mol. The monoisotopic (exact) mass is 256 g/mol. The van der Waals surface area contributed by atoms with Gasteiger partial charge in [0, 0.05) is 25.6 Å². The molecule has 2 saturated heterocycles. The van der Waals surface area contributed by atoms with E-state index in [0.29, 0.717) is 13.2 Å². The van der Waals surface area contributed by atoms with Crippen LogP contribution in [0.3, 0.4) is 0 Å². The summed E-state index contributed by atoms with van der Waals surface area (Å²) in [5.41, 5.74) is -0.449. The van der Waals surface area contributed by atoms with Gasteiger partial charge in [-0.2, -0.15) is 0 Å². The largest absolute Gasteiger partial charge is 0.378 e. The molecule has 2 aliphatic rings. The quantitative estimate of drug-likeness (QED) is 0.774. The molecule has 2 atom stereocenters. The summed E-state index contributed by atoms with van der Waals surface area (Å²) in [5.74, 6) is 0.280. The van der Waals surface area contributed by atoms with E-state index in [2.05, 4.69) is 0 Å². The van der Waals surface area contributed by atoms with Crippen LogP contribution < -0.4 is 0 Å². The minimum Gasteiger partial charge on any atom is -0.378 e. The minimum absolute atomic E-state index is 0.0720. The average Bonchev–Trinajstić information content (AvgIpc) is 2.73. The van der Waals surface area contributed by atoms with Crippen LogP contribution in [0.2, 0.25) is 0 Å². The Bertz CT molecular complexity index is 299. The first-order valence-electron chi connectivity index (χ1n) is 6.79. The van der Waals surface area contributed by atoms with E-state index in [0.717, 1.165) is 25.9 Å². The topological polar surface area (TPSA) is 44.8 Å². The van der Waals surface area contributed by atoms with Crippen molar-refractivity contribution in [2.75, 3.05) is 26.4 Å². The van der Waals surface area contributed by atoms with Crippen LogP contribution in [-0.2, 0) is 19.0 Å². The van der Waals surface area contributed by atoms with Gasteiger partial charge in [-0.05, 0) is 33.6 Å². The fraction of sp³-hybridized carbons (Fsp3) is 0.929. The molecule has 0 radical (unpaired) electrons. The second-order valence-corrected chi connectivity index (χ2v) is 6.39. The Hall–Kier alpha value is -0.450. The molecule has 0 bridgehead atoms. The molecule has 2 fully saturated rings. The summed E-state index contributed by atoms with van der Waals surface area (Å²) in [7, 11) is 0. The maximum atomic E-state index is 12.2. The van der Waals surface area contributed by atoms with E-state index >= 15 is 0 Å². The SMILES string of the molecule is CC(C)(C)OCC(=O)C1CCOC2(CCOC2)C1. The third kappa shape index (κ3) is 3.53. The van der Waals surface area contributed by atoms with Gasteiger partial charge in [-0.25, -0.2) is 0 Å². The fourth-order valence-corrected chi connectivity index (χ4v) is 2.57. The van der Waals surface area contributed by atoms with Crippen molar-refractivity contribution in [2.24, 2.45) is 5.92 Å². The van der Waals surface area contributed by atoms with Gasteiger partial charge < -0.3 is 14.2 Å². The lowest BCUT2D eigenvalue weighted by Crippen LogP contribution is -2.43. The van der Waals surface area contributed by atoms with Crippen molar-refractivity contribution < 1.29 is 19.0 Å². The van der Waals surface area contributed by atoms with Crippen molar-refractivity contribution in [3.8, 4) is 0 Å². The average molecular weight is 256 g/mol. The van der Waals surface area contributed by atoms with E-state index < -0.39 is 0 Å². The van der Waals surface area contributed by atoms with Gasteiger partial charge in [0.25, 0.3) is 0 Å². The summed E-state index contributed by atoms with van der Waals surface area (Å²) >= 11 is 0. The highest BCUT2D eigenvalue weighted by Gasteiger charge is 2.42. The maximum Gasteiger partial charge on any atom is 0.161 e. The smallest absolute Gasteiger partial charge is 0.161 e. The Labute approximate surface area is 109 Å². The standard InChI is InChI=1S/C14H24O4/c1-13(2,3)18-9-12(15)11-4-6-17-14(8-11)5-7-16-10-14/h11H,4-10H2,1-3H3. The summed E-state index contributed by atoms with van der Waals surface area (Å²) in [4.78, 5) is 12.2. The second-order valence-electron chi connectivity index (χ2n) is 6.39. The number of carbonyl (C=O) groups is 1. The first-order chi connectivity index (χ1) is 8.40. The fourth-order valence-electron chi connectivity index (χ4n) is 2.57. The number of carbonyl (C=O) groups excluding carboxylic acids is 1. The van der Waals surface area contributed by atoms with Crippen molar-refractivity contribution >= 4 is 5.78 Å². The van der Waals surface area contributed by atoms with E-state index in [1.165, 1.54) is 0 Å². The van der Waals surface area contributed by atoms with Gasteiger partial charge in [-0.15, -0.1) is 0 Å². The van der Waals surface area contributed by atoms with E-state index in [-0.39, 0.29) is 29.5 Å². The molecule has 104 valence electrons. The molecule has 18 heavy (non-hydrogen) atoms. The van der Waals surface area contributed by atoms with Crippen molar-refractivity contribution in [3.05, 3.63) is 0 Å². The molecule has 4 heteroatoms. The van der Waals surface area contributed by atoms with Crippen LogP contribution in [0, 0.1) is 5.92 Å². The molecule has 1 spiro atoms. The van der Waals surface area contributed by atoms with E-state index in [1.54, 1.807) is 0 Å². The second kappa shape index (κ2) is 5.27. The molecule has 2 aliphatic heterocycles. The van der Waals surface area contributed by atoms with Crippen LogP contribution in [0.4, 0.5) is 0 Å². The molecule has 2 rings (SSSR count). The Balaban J connectivity index is 1.86. The van der Waals surface area contributed by atoms with E-state index in [4.69, 9.17) is 14.2 Å². The van der Waals surface area contributed by atoms with Crippen LogP contribution in [0.25, 0.3) is 0 Å². The lowest BCUT2D eigenvalue weighted by Gasteiger charge is -2.36. The summed E-state index contributed by atoms with van der Waals surface area (Å²) in [6, 6.07) is 0. The molecular weight excluding hydrogens is 232 g/mol. The Morgan fingerprint density at radius 1 is 1.39 bits per heavy atom. The van der Waals surface area contributed by atoms with Crippen LogP contribution in [0.1, 0.15) is 40.0 Å². The zero-order valence-corrected chi connectivity index (χ0v) is 11.7. The van der Waals surface area contributed by atoms with E-state index in [9.17, 15) is 4.79 Å². The van der Waals surface area contributed by atoms with Gasteiger partial charge in [0.15, 0.2) is 5.78 Å². The molecule has 2 heterocycles. The zero-order chi connectivity index (χ0) is 13.2. The van der Waals surface area contributed by atoms with Gasteiger partial charge in [-0.3, -0.25) is 4.79 Å². The van der Waals surface area contributed by atoms with Crippen molar-refractivity contribution in [3.63, 3.8) is 0 Å². The first kappa shape index (κ1) is 14.0. The number of ether oxygens (including phenoxy) is 3. The summed E-state index contributed by atoms with van der Waals surface area (Å²) in [6.07, 6.45) is 2.52. The van der Waals surface area contributed by atoms with Crippen LogP contribution in [-0.4, -0.2) is 43.4 Å². The van der Waals surface area contributed by atoms with Gasteiger partial charge in [0.05, 0.1) is 17.8 Å². The molecule has 0 aromatic rings. The molecule has 0 aromatic carbocycles. The van der Waals surface area contributed by atoms with Crippen LogP contribution in [0.5, 0.6) is 0 Å². The normalized spacial score (nSPS) is 32.9. The first-order valence-corrected chi connectivity index (χ1v) is 6.79. The molecule has 0 aromatic heterocycles. The third-order valence-corrected chi connectivity index (χ3v) is 3.66. The van der Waals surface area contributed by atoms with Crippen molar-refractivity contribution in [2.45, 2.75) is 51.2 Å². The van der Waals surface area contributed by atoms with Crippen molar-refractivity contribution in [1.82, 2.24) is 0 Å². The summed E-state index contributed by atoms with van der Waals surface area (Å²) in [5, 5.41) is 0. The number of Topliss-reactive ketones (excluding diaryl/α,β-unsaturated/α-hetero) is 1. The van der Waals surface area contributed by atoms with Gasteiger partial charge >= 0.3 is 0 Å². The van der Waals surface area contributed by atoms with Gasteiger partial charge in [-0.1, -0.05) is 0 Å². The minimum atomic E-state index is -0.255. The molecular formula is C14H24O4. The molecule has 2 unspecified atom stereocenters. The van der Waals surface area contributed by atoms with Gasteiger partial charge in [0.2, 0.25) is 0 Å². The highest BCUT2D eigenvalue weighted by Crippen LogP contribution is 2.36. The lowest BCUT2D eigenvalue weighted by atomic mass is 9.83. The Kier molecular flexibility index (Phi) is 4.09. The summed E-state index contributed by atoms with van der Waals surface area (Å²) in [6.45, 7) is 8.17. The third-order valence-electron chi connectivity index (χ3n) is 3.66. The molecule has 0 N–H and O–H groups in total. The number of ketones is 1. The number of rotatable bonds is 3.